The van der Waals surface area contributed by atoms with Crippen LogP contribution in [0.25, 0.3) is 5.65 Å². The zero-order valence-corrected chi connectivity index (χ0v) is 21.2. The number of alkyl halides is 3. The average molecular weight is 559 g/mol. The number of sulfonamides is 1. The Hall–Kier alpha value is -3.52. The molecule has 1 aliphatic rings. The second kappa shape index (κ2) is 10.1. The number of carbonyl (C=O) groups excluding carboxylic acids is 1. The van der Waals surface area contributed by atoms with Gasteiger partial charge in [0.15, 0.2) is 0 Å². The van der Waals surface area contributed by atoms with E-state index in [0.29, 0.717) is 51.8 Å². The van der Waals surface area contributed by atoms with Gasteiger partial charge in [-0.1, -0.05) is 24.6 Å². The van der Waals surface area contributed by atoms with Gasteiger partial charge >= 0.3 is 15.5 Å². The number of nitrogens with zero attached hydrogens (tertiary/aromatic N) is 5. The molecule has 0 unspecified atom stereocenters. The first-order valence-electron chi connectivity index (χ1n) is 11.0. The number of ether oxygens (including phenoxy) is 1. The fourth-order valence-electron chi connectivity index (χ4n) is 3.79. The van der Waals surface area contributed by atoms with Crippen molar-refractivity contribution in [3.63, 3.8) is 0 Å². The van der Waals surface area contributed by atoms with E-state index in [0.717, 1.165) is 0 Å². The van der Waals surface area contributed by atoms with E-state index in [1.807, 2.05) is 6.92 Å². The lowest BCUT2D eigenvalue weighted by Gasteiger charge is -2.30. The molecular weight excluding hydrogens is 537 g/mol. The number of amides is 1. The predicted octanol–water partition coefficient (Wildman–Crippen LogP) is 3.40. The van der Waals surface area contributed by atoms with Gasteiger partial charge in [-0.3, -0.25) is 14.2 Å². The minimum atomic E-state index is -5.50. The fourth-order valence-corrected chi connectivity index (χ4v) is 4.71. The number of rotatable bonds is 7. The Morgan fingerprint density at radius 3 is 2.59 bits per heavy atom. The molecule has 1 aliphatic heterocycles. The molecule has 0 spiro atoms. The van der Waals surface area contributed by atoms with Crippen LogP contribution < -0.4 is 15.1 Å². The largest absolute Gasteiger partial charge is 0.516 e. The number of carbonyl (C=O) groups is 1. The summed E-state index contributed by atoms with van der Waals surface area (Å²) in [4.78, 5) is 17.5. The van der Waals surface area contributed by atoms with Crippen LogP contribution in [0.1, 0.15) is 28.7 Å². The van der Waals surface area contributed by atoms with Crippen LogP contribution in [0.5, 0.6) is 5.75 Å². The van der Waals surface area contributed by atoms with E-state index in [2.05, 4.69) is 15.4 Å². The summed E-state index contributed by atoms with van der Waals surface area (Å²) in [5.74, 6) is 0.0413. The van der Waals surface area contributed by atoms with Crippen LogP contribution in [-0.4, -0.2) is 60.1 Å². The van der Waals surface area contributed by atoms with Crippen LogP contribution >= 0.6 is 11.6 Å². The van der Waals surface area contributed by atoms with Gasteiger partial charge in [0.05, 0.1) is 36.6 Å². The molecule has 198 valence electrons. The maximum atomic E-state index is 13.1. The number of fused-ring (bicyclic) bond motifs is 1. The van der Waals surface area contributed by atoms with Crippen molar-refractivity contribution in [2.45, 2.75) is 25.4 Å². The van der Waals surface area contributed by atoms with Crippen LogP contribution in [0, 0.1) is 0 Å². The van der Waals surface area contributed by atoms with Gasteiger partial charge in [0.1, 0.15) is 23.4 Å². The van der Waals surface area contributed by atoms with Gasteiger partial charge in [-0.15, -0.1) is 0 Å². The summed E-state index contributed by atoms with van der Waals surface area (Å²) < 4.78 is 68.7. The first-order valence-corrected chi connectivity index (χ1v) is 12.8. The molecule has 1 aromatic carbocycles. The highest BCUT2D eigenvalue weighted by atomic mass is 35.5. The molecule has 4 rings (SSSR count). The number of imidazole rings is 1. The van der Waals surface area contributed by atoms with Crippen molar-refractivity contribution in [2.75, 3.05) is 25.2 Å². The number of aromatic nitrogens is 2. The summed E-state index contributed by atoms with van der Waals surface area (Å²) >= 11 is 6.10. The molecule has 0 saturated carbocycles. The molecule has 15 heteroatoms. The summed E-state index contributed by atoms with van der Waals surface area (Å²) in [6, 6.07) is 8.32. The summed E-state index contributed by atoms with van der Waals surface area (Å²) in [6.07, 6.45) is 2.78. The highest BCUT2D eigenvalue weighted by Gasteiger charge is 2.50. The van der Waals surface area contributed by atoms with Crippen molar-refractivity contribution < 1.29 is 31.1 Å². The average Bonchev–Trinajstić information content (AvgIpc) is 3.24. The van der Waals surface area contributed by atoms with Gasteiger partial charge in [-0.25, -0.2) is 9.29 Å². The Bertz CT molecular complexity index is 1480. The lowest BCUT2D eigenvalue weighted by molar-refractivity contribution is -0.0471. The minimum Gasteiger partial charge on any atom is -0.496 e. The van der Waals surface area contributed by atoms with Gasteiger partial charge in [0.2, 0.25) is 0 Å². The first-order chi connectivity index (χ1) is 17.5. The van der Waals surface area contributed by atoms with Crippen molar-refractivity contribution in [1.82, 2.24) is 19.0 Å². The van der Waals surface area contributed by atoms with E-state index < -0.39 is 22.1 Å². The number of halogens is 4. The number of hydrazone groups is 1. The molecule has 2 aromatic heterocycles. The van der Waals surface area contributed by atoms with Gasteiger partial charge in [0, 0.05) is 24.4 Å². The number of methoxy groups -OCH3 is 1. The first kappa shape index (κ1) is 26.5. The zero-order chi connectivity index (χ0) is 27.0. The van der Waals surface area contributed by atoms with E-state index in [9.17, 15) is 26.4 Å². The third kappa shape index (κ3) is 5.16. The topological polar surface area (TPSA) is 109 Å². The quantitative estimate of drug-likeness (QED) is 0.476. The van der Waals surface area contributed by atoms with Crippen LogP contribution in [0.3, 0.4) is 0 Å². The number of hydrogen-bond acceptors (Lipinski definition) is 7. The highest BCUT2D eigenvalue weighted by Crippen LogP contribution is 2.30. The Kier molecular flexibility index (Phi) is 7.24. The number of hydrogen-bond donors (Lipinski definition) is 1. The van der Waals surface area contributed by atoms with Crippen molar-refractivity contribution in [3.05, 3.63) is 58.5 Å². The van der Waals surface area contributed by atoms with Crippen molar-refractivity contribution in [2.24, 2.45) is 5.10 Å². The molecular formula is C22H22ClF3N6O4S. The third-order valence-electron chi connectivity index (χ3n) is 5.67. The van der Waals surface area contributed by atoms with Gasteiger partial charge in [-0.05, 0) is 24.6 Å². The maximum absolute atomic E-state index is 13.1. The van der Waals surface area contributed by atoms with E-state index in [1.165, 1.54) is 12.1 Å². The Labute approximate surface area is 215 Å². The van der Waals surface area contributed by atoms with Crippen LogP contribution in [0.15, 0.2) is 41.6 Å². The van der Waals surface area contributed by atoms with E-state index in [1.54, 1.807) is 40.9 Å². The summed E-state index contributed by atoms with van der Waals surface area (Å²) in [5.41, 5.74) is -2.73. The third-order valence-corrected chi connectivity index (χ3v) is 7.37. The van der Waals surface area contributed by atoms with E-state index >= 15 is 0 Å². The Morgan fingerprint density at radius 1 is 1.22 bits per heavy atom. The second-order valence-corrected chi connectivity index (χ2v) is 10.2. The van der Waals surface area contributed by atoms with Crippen LogP contribution in [-0.2, 0) is 23.0 Å². The fraction of sp³-hybridized carbons (Fsp3) is 0.318. The normalized spacial score (nSPS) is 14.3. The van der Waals surface area contributed by atoms with E-state index in [4.69, 9.17) is 16.3 Å². The van der Waals surface area contributed by atoms with Gasteiger partial charge in [0.25, 0.3) is 5.91 Å². The molecule has 1 amide bonds. The van der Waals surface area contributed by atoms with Gasteiger partial charge < -0.3 is 10.1 Å². The molecule has 0 fully saturated rings. The monoisotopic (exact) mass is 558 g/mol. The van der Waals surface area contributed by atoms with Crippen molar-refractivity contribution in [1.29, 1.82) is 0 Å². The maximum Gasteiger partial charge on any atom is 0.516 e. The summed E-state index contributed by atoms with van der Waals surface area (Å²) in [6.45, 7) is 1.46. The second-order valence-electron chi connectivity index (χ2n) is 7.93. The molecule has 0 aliphatic carbocycles. The molecule has 0 radical (unpaired) electrons. The van der Waals surface area contributed by atoms with Crippen molar-refractivity contribution >= 4 is 45.2 Å². The van der Waals surface area contributed by atoms with Gasteiger partial charge in [-0.2, -0.15) is 26.7 Å². The smallest absolute Gasteiger partial charge is 0.496 e. The molecule has 37 heavy (non-hydrogen) atoms. The molecule has 3 aromatic rings. The number of aryl methyl sites for hydroxylation is 1. The summed E-state index contributed by atoms with van der Waals surface area (Å²) in [5, 5.41) is 8.50. The van der Waals surface area contributed by atoms with E-state index in [-0.39, 0.29) is 23.3 Å². The number of benzene rings is 1. The number of anilines is 1. The van der Waals surface area contributed by atoms with Crippen LogP contribution in [0.4, 0.5) is 18.9 Å². The van der Waals surface area contributed by atoms with Crippen molar-refractivity contribution in [3.8, 4) is 5.75 Å². The lowest BCUT2D eigenvalue weighted by atomic mass is 10.1. The SMILES string of the molecule is CCc1nc2ccc(Cl)cn2c1C(=O)NCc1ccc(N2CCN(S(=O)(=O)C(F)(F)F)C=N2)cc1OC. The van der Waals surface area contributed by atoms with Crippen LogP contribution in [0.2, 0.25) is 5.02 Å². The minimum absolute atomic E-state index is 0.109. The summed E-state index contributed by atoms with van der Waals surface area (Å²) in [7, 11) is -4.07. The highest BCUT2D eigenvalue weighted by molar-refractivity contribution is 7.90. The molecule has 10 nitrogen and oxygen atoms in total. The Morgan fingerprint density at radius 2 is 1.97 bits per heavy atom. The molecule has 1 N–H and O–H groups in total. The zero-order valence-electron chi connectivity index (χ0n) is 19.7. The number of pyridine rings is 1. The molecule has 0 bridgehead atoms. The molecule has 3 heterocycles. The standard InChI is InChI=1S/C22H22ClF3N6O4S/c1-3-17-20(31-12-15(23)5-7-19(31)29-17)21(33)27-11-14-4-6-16(10-18(14)36-2)32-9-8-30(13-28-32)37(34,35)22(24,25)26/h4-7,10,12-13H,3,8-9,11H2,1-2H3,(H,27,33). The molecule has 0 atom stereocenters. The molecule has 0 saturated heterocycles. The predicted molar refractivity (Wildman–Crippen MR) is 131 cm³/mol. The Balaban J connectivity index is 1.50. The number of nitrogens with one attached hydrogen (secondary N) is 1. The lowest BCUT2D eigenvalue weighted by Crippen LogP contribution is -2.46.